The molecule has 0 saturated heterocycles. The lowest BCUT2D eigenvalue weighted by molar-refractivity contribution is 0.0619. The van der Waals surface area contributed by atoms with Crippen molar-refractivity contribution >= 4 is 34.6 Å². The molecular formula is C23H26N2O5S. The molecule has 7 nitrogen and oxygen atoms in total. The van der Waals surface area contributed by atoms with E-state index in [-0.39, 0.29) is 30.7 Å². The predicted octanol–water partition coefficient (Wildman–Crippen LogP) is 4.09. The normalized spacial score (nSPS) is 15.8. The molecule has 164 valence electrons. The number of aliphatic hydroxyl groups excluding tert-OH is 1. The molecule has 0 radical (unpaired) electrons. The second-order valence-electron chi connectivity index (χ2n) is 7.08. The first kappa shape index (κ1) is 22.6. The van der Waals surface area contributed by atoms with E-state index in [2.05, 4.69) is 11.9 Å². The van der Waals surface area contributed by atoms with E-state index in [9.17, 15) is 14.7 Å². The molecule has 0 unspecified atom stereocenters. The van der Waals surface area contributed by atoms with Gasteiger partial charge in [0.1, 0.15) is 12.4 Å². The average molecular weight is 443 g/mol. The van der Waals surface area contributed by atoms with Crippen LogP contribution < -0.4 is 10.1 Å². The highest BCUT2D eigenvalue weighted by Crippen LogP contribution is 2.33. The molecule has 1 aliphatic heterocycles. The van der Waals surface area contributed by atoms with E-state index in [1.807, 2.05) is 30.5 Å². The number of carbonyl (C=O) groups excluding carboxylic acids is 2. The SMILES string of the molecule is C=CCOC(=O)Nc1cc(C)c(OC)cc1C(=O)N1CC=C(c2cccs2)C[C@H]1CO. The fraction of sp³-hybridized carbons (Fsp3) is 0.304. The van der Waals surface area contributed by atoms with E-state index >= 15 is 0 Å². The van der Waals surface area contributed by atoms with E-state index in [1.54, 1.807) is 28.4 Å². The van der Waals surface area contributed by atoms with Crippen LogP contribution in [-0.4, -0.2) is 54.9 Å². The summed E-state index contributed by atoms with van der Waals surface area (Å²) in [6, 6.07) is 6.92. The van der Waals surface area contributed by atoms with E-state index < -0.39 is 6.09 Å². The number of carbonyl (C=O) groups is 2. The molecule has 2 N–H and O–H groups in total. The van der Waals surface area contributed by atoms with Crippen LogP contribution >= 0.6 is 11.3 Å². The zero-order valence-electron chi connectivity index (χ0n) is 17.6. The molecule has 2 amide bonds. The third kappa shape index (κ3) is 5.15. The maximum Gasteiger partial charge on any atom is 0.411 e. The molecule has 0 bridgehead atoms. The maximum absolute atomic E-state index is 13.5. The standard InChI is InChI=1S/C23H26N2O5S/c1-4-9-30-23(28)24-19-11-15(2)20(29-3)13-18(19)22(27)25-8-7-16(12-17(25)14-26)21-6-5-10-31-21/h4-7,10-11,13,17,26H,1,8-9,12,14H2,2-3H3,(H,24,28)/t17-/m0/s1. The summed E-state index contributed by atoms with van der Waals surface area (Å²) in [6.45, 7) is 5.58. The fourth-order valence-electron chi connectivity index (χ4n) is 3.50. The van der Waals surface area contributed by atoms with Crippen molar-refractivity contribution in [3.8, 4) is 5.75 Å². The van der Waals surface area contributed by atoms with E-state index in [0.717, 1.165) is 16.0 Å². The van der Waals surface area contributed by atoms with Crippen LogP contribution in [0.5, 0.6) is 5.75 Å². The van der Waals surface area contributed by atoms with Crippen molar-refractivity contribution in [2.45, 2.75) is 19.4 Å². The zero-order valence-corrected chi connectivity index (χ0v) is 18.4. The van der Waals surface area contributed by atoms with Gasteiger partial charge in [0.25, 0.3) is 5.91 Å². The molecule has 0 fully saturated rings. The molecular weight excluding hydrogens is 416 g/mol. The predicted molar refractivity (Wildman–Crippen MR) is 122 cm³/mol. The largest absolute Gasteiger partial charge is 0.496 e. The zero-order chi connectivity index (χ0) is 22.4. The Bertz CT molecular complexity index is 984. The summed E-state index contributed by atoms with van der Waals surface area (Å²) in [4.78, 5) is 28.3. The van der Waals surface area contributed by atoms with Gasteiger partial charge in [0.05, 0.1) is 31.0 Å². The average Bonchev–Trinajstić information content (AvgIpc) is 3.32. The number of nitrogens with zero attached hydrogens (tertiary/aromatic N) is 1. The van der Waals surface area contributed by atoms with Gasteiger partial charge in [-0.2, -0.15) is 0 Å². The summed E-state index contributed by atoms with van der Waals surface area (Å²) in [7, 11) is 1.52. The number of ether oxygens (including phenoxy) is 2. The summed E-state index contributed by atoms with van der Waals surface area (Å²) >= 11 is 1.63. The lowest BCUT2D eigenvalue weighted by Gasteiger charge is -2.34. The van der Waals surface area contributed by atoms with Crippen LogP contribution in [0.15, 0.2) is 48.4 Å². The topological polar surface area (TPSA) is 88.1 Å². The Hall–Kier alpha value is -3.10. The Kier molecular flexibility index (Phi) is 7.49. The van der Waals surface area contributed by atoms with Gasteiger partial charge in [-0.3, -0.25) is 10.1 Å². The van der Waals surface area contributed by atoms with Crippen molar-refractivity contribution in [1.82, 2.24) is 4.90 Å². The summed E-state index contributed by atoms with van der Waals surface area (Å²) in [6.07, 6.45) is 3.33. The smallest absolute Gasteiger partial charge is 0.411 e. The van der Waals surface area contributed by atoms with Crippen molar-refractivity contribution in [3.05, 3.63) is 64.4 Å². The van der Waals surface area contributed by atoms with Crippen LogP contribution in [0.1, 0.15) is 27.2 Å². The van der Waals surface area contributed by atoms with E-state index in [4.69, 9.17) is 9.47 Å². The van der Waals surface area contributed by atoms with Gasteiger partial charge in [0.15, 0.2) is 0 Å². The van der Waals surface area contributed by atoms with Crippen LogP contribution in [0, 0.1) is 6.92 Å². The van der Waals surface area contributed by atoms with Crippen LogP contribution in [0.3, 0.4) is 0 Å². The van der Waals surface area contributed by atoms with Crippen molar-refractivity contribution in [1.29, 1.82) is 0 Å². The molecule has 3 rings (SSSR count). The number of nitrogens with one attached hydrogen (secondary N) is 1. The summed E-state index contributed by atoms with van der Waals surface area (Å²) in [5, 5.41) is 14.6. The van der Waals surface area contributed by atoms with Gasteiger partial charge in [-0.15, -0.1) is 11.3 Å². The third-order valence-electron chi connectivity index (χ3n) is 5.07. The van der Waals surface area contributed by atoms with Gasteiger partial charge in [-0.25, -0.2) is 4.79 Å². The molecule has 1 atom stereocenters. The summed E-state index contributed by atoms with van der Waals surface area (Å²) in [5.74, 6) is 0.221. The highest BCUT2D eigenvalue weighted by atomic mass is 32.1. The number of rotatable bonds is 7. The lowest BCUT2D eigenvalue weighted by atomic mass is 9.97. The number of benzene rings is 1. The van der Waals surface area contributed by atoms with Gasteiger partial charge in [-0.1, -0.05) is 24.8 Å². The van der Waals surface area contributed by atoms with Gasteiger partial charge < -0.3 is 19.5 Å². The number of aliphatic hydroxyl groups is 1. The number of hydrogen-bond donors (Lipinski definition) is 2. The Balaban J connectivity index is 1.91. The minimum Gasteiger partial charge on any atom is -0.496 e. The minimum atomic E-state index is -0.684. The number of thiophene rings is 1. The number of amides is 2. The first-order chi connectivity index (χ1) is 15.0. The lowest BCUT2D eigenvalue weighted by Crippen LogP contribution is -2.45. The molecule has 1 aromatic heterocycles. The molecule has 1 aliphatic rings. The Morgan fingerprint density at radius 1 is 1.42 bits per heavy atom. The van der Waals surface area contributed by atoms with Crippen LogP contribution in [0.25, 0.3) is 5.57 Å². The molecule has 0 saturated carbocycles. The molecule has 2 heterocycles. The summed E-state index contributed by atoms with van der Waals surface area (Å²) in [5.41, 5.74) is 2.47. The van der Waals surface area contributed by atoms with Gasteiger partial charge in [0.2, 0.25) is 0 Å². The van der Waals surface area contributed by atoms with Crippen LogP contribution in [0.4, 0.5) is 10.5 Å². The summed E-state index contributed by atoms with van der Waals surface area (Å²) < 4.78 is 10.4. The van der Waals surface area contributed by atoms with Crippen molar-refractivity contribution in [2.75, 3.05) is 32.2 Å². The van der Waals surface area contributed by atoms with Gasteiger partial charge >= 0.3 is 6.09 Å². The van der Waals surface area contributed by atoms with E-state index in [1.165, 1.54) is 13.2 Å². The molecule has 2 aromatic rings. The molecule has 0 aliphatic carbocycles. The minimum absolute atomic E-state index is 0.0548. The van der Waals surface area contributed by atoms with Crippen molar-refractivity contribution in [3.63, 3.8) is 0 Å². The van der Waals surface area contributed by atoms with E-state index in [0.29, 0.717) is 24.4 Å². The van der Waals surface area contributed by atoms with Crippen LogP contribution in [0.2, 0.25) is 0 Å². The van der Waals surface area contributed by atoms with Gasteiger partial charge in [-0.05, 0) is 48.1 Å². The second-order valence-corrected chi connectivity index (χ2v) is 8.03. The van der Waals surface area contributed by atoms with Crippen molar-refractivity contribution in [2.24, 2.45) is 0 Å². The molecule has 0 spiro atoms. The van der Waals surface area contributed by atoms with Crippen LogP contribution in [-0.2, 0) is 4.74 Å². The second kappa shape index (κ2) is 10.3. The fourth-order valence-corrected chi connectivity index (χ4v) is 4.28. The number of methoxy groups -OCH3 is 1. The first-order valence-electron chi connectivity index (χ1n) is 9.86. The highest BCUT2D eigenvalue weighted by Gasteiger charge is 2.30. The van der Waals surface area contributed by atoms with Gasteiger partial charge in [0, 0.05) is 11.4 Å². The Morgan fingerprint density at radius 3 is 2.87 bits per heavy atom. The Labute approximate surface area is 185 Å². The number of aryl methyl sites for hydroxylation is 1. The number of anilines is 1. The highest BCUT2D eigenvalue weighted by molar-refractivity contribution is 7.11. The first-order valence-corrected chi connectivity index (χ1v) is 10.7. The quantitative estimate of drug-likeness (QED) is 0.631. The molecule has 8 heteroatoms. The number of hydrogen-bond acceptors (Lipinski definition) is 6. The molecule has 31 heavy (non-hydrogen) atoms. The Morgan fingerprint density at radius 2 is 2.23 bits per heavy atom. The third-order valence-corrected chi connectivity index (χ3v) is 6.02. The monoisotopic (exact) mass is 442 g/mol. The van der Waals surface area contributed by atoms with Crippen molar-refractivity contribution < 1.29 is 24.2 Å². The molecule has 1 aromatic carbocycles. The maximum atomic E-state index is 13.5.